The molecule has 16 heavy (non-hydrogen) atoms. The Bertz CT molecular complexity index is 261. The van der Waals surface area contributed by atoms with Gasteiger partial charge in [-0.15, -0.1) is 0 Å². The minimum Gasteiger partial charge on any atom is -0.478 e. The van der Waals surface area contributed by atoms with Gasteiger partial charge in [-0.3, -0.25) is 0 Å². The molecule has 1 fully saturated rings. The first-order chi connectivity index (χ1) is 7.58. The van der Waals surface area contributed by atoms with E-state index in [1.807, 2.05) is 6.92 Å². The second-order valence-corrected chi connectivity index (χ2v) is 5.02. The second-order valence-electron chi connectivity index (χ2n) is 5.02. The van der Waals surface area contributed by atoms with Gasteiger partial charge in [-0.05, 0) is 32.1 Å². The van der Waals surface area contributed by atoms with Crippen LogP contribution in [0.5, 0.6) is 0 Å². The van der Waals surface area contributed by atoms with Crippen LogP contribution in [0.4, 0.5) is 0 Å². The summed E-state index contributed by atoms with van der Waals surface area (Å²) < 4.78 is 0. The van der Waals surface area contributed by atoms with Crippen LogP contribution in [-0.4, -0.2) is 23.7 Å². The highest BCUT2D eigenvalue weighted by atomic mass is 16.4. The molecule has 1 saturated carbocycles. The molecule has 1 aliphatic rings. The molecule has 0 aromatic heterocycles. The van der Waals surface area contributed by atoms with E-state index in [0.717, 1.165) is 11.5 Å². The summed E-state index contributed by atoms with van der Waals surface area (Å²) in [5.41, 5.74) is 0.893. The lowest BCUT2D eigenvalue weighted by molar-refractivity contribution is -0.131. The molecule has 1 rings (SSSR count). The Morgan fingerprint density at radius 3 is 2.81 bits per heavy atom. The Balaban J connectivity index is 2.29. The predicted octanol–water partition coefficient (Wildman–Crippen LogP) is 2.58. The maximum Gasteiger partial charge on any atom is 0.328 e. The fourth-order valence-corrected chi connectivity index (χ4v) is 2.26. The summed E-state index contributed by atoms with van der Waals surface area (Å²) >= 11 is 0. The van der Waals surface area contributed by atoms with Gasteiger partial charge in [0.25, 0.3) is 0 Å². The van der Waals surface area contributed by atoms with E-state index in [0.29, 0.717) is 12.6 Å². The van der Waals surface area contributed by atoms with Crippen LogP contribution in [0.25, 0.3) is 0 Å². The highest BCUT2D eigenvalue weighted by molar-refractivity contribution is 5.80. The molecule has 0 bridgehead atoms. The maximum atomic E-state index is 10.5. The standard InChI is InChI=1S/C13H23NO2/c1-10-4-3-5-12(7-6-10)14-9-11(2)8-13(15)16/h8,10,12,14H,3-7,9H2,1-2H3,(H,15,16). The van der Waals surface area contributed by atoms with Crippen LogP contribution in [0.1, 0.15) is 46.0 Å². The van der Waals surface area contributed by atoms with Crippen LogP contribution in [-0.2, 0) is 4.79 Å². The van der Waals surface area contributed by atoms with E-state index in [1.54, 1.807) is 0 Å². The fraction of sp³-hybridized carbons (Fsp3) is 0.769. The normalized spacial score (nSPS) is 27.5. The van der Waals surface area contributed by atoms with Crippen LogP contribution in [0, 0.1) is 5.92 Å². The summed E-state index contributed by atoms with van der Waals surface area (Å²) in [7, 11) is 0. The molecule has 3 heteroatoms. The van der Waals surface area contributed by atoms with Gasteiger partial charge in [0.05, 0.1) is 0 Å². The van der Waals surface area contributed by atoms with Gasteiger partial charge >= 0.3 is 5.97 Å². The average molecular weight is 225 g/mol. The molecular formula is C13H23NO2. The smallest absolute Gasteiger partial charge is 0.328 e. The van der Waals surface area contributed by atoms with Gasteiger partial charge in [-0.25, -0.2) is 4.79 Å². The van der Waals surface area contributed by atoms with E-state index < -0.39 is 5.97 Å². The van der Waals surface area contributed by atoms with Crippen molar-refractivity contribution >= 4 is 5.97 Å². The molecule has 0 saturated heterocycles. The lowest BCUT2D eigenvalue weighted by atomic mass is 10.0. The Labute approximate surface area is 97.9 Å². The molecule has 0 aliphatic heterocycles. The summed E-state index contributed by atoms with van der Waals surface area (Å²) in [6.45, 7) is 4.88. The van der Waals surface area contributed by atoms with Crippen molar-refractivity contribution < 1.29 is 9.90 Å². The van der Waals surface area contributed by atoms with Crippen molar-refractivity contribution in [1.29, 1.82) is 0 Å². The first-order valence-electron chi connectivity index (χ1n) is 6.21. The first kappa shape index (κ1) is 13.2. The minimum absolute atomic E-state index is 0.571. The molecule has 0 aromatic carbocycles. The van der Waals surface area contributed by atoms with E-state index in [-0.39, 0.29) is 0 Å². The van der Waals surface area contributed by atoms with Crippen LogP contribution >= 0.6 is 0 Å². The summed E-state index contributed by atoms with van der Waals surface area (Å²) in [4.78, 5) is 10.5. The van der Waals surface area contributed by atoms with Crippen LogP contribution < -0.4 is 5.32 Å². The molecular weight excluding hydrogens is 202 g/mol. The Hall–Kier alpha value is -0.830. The molecule has 2 atom stereocenters. The average Bonchev–Trinajstić information content (AvgIpc) is 2.39. The van der Waals surface area contributed by atoms with Crippen LogP contribution in [0.2, 0.25) is 0 Å². The molecule has 1 aliphatic carbocycles. The largest absolute Gasteiger partial charge is 0.478 e. The number of carboxylic acid groups (broad SMARTS) is 1. The summed E-state index contributed by atoms with van der Waals surface area (Å²) in [6, 6.07) is 0.571. The van der Waals surface area contributed by atoms with Crippen molar-refractivity contribution in [2.75, 3.05) is 6.54 Å². The molecule has 0 spiro atoms. The molecule has 0 aromatic rings. The van der Waals surface area contributed by atoms with E-state index >= 15 is 0 Å². The van der Waals surface area contributed by atoms with Crippen molar-refractivity contribution in [3.63, 3.8) is 0 Å². The van der Waals surface area contributed by atoms with Gasteiger partial charge in [0.1, 0.15) is 0 Å². The maximum absolute atomic E-state index is 10.5. The lowest BCUT2D eigenvalue weighted by Crippen LogP contribution is -2.30. The van der Waals surface area contributed by atoms with Gasteiger partial charge < -0.3 is 10.4 Å². The topological polar surface area (TPSA) is 49.3 Å². The van der Waals surface area contributed by atoms with Gasteiger partial charge in [-0.2, -0.15) is 0 Å². The van der Waals surface area contributed by atoms with E-state index in [4.69, 9.17) is 5.11 Å². The van der Waals surface area contributed by atoms with Gasteiger partial charge in [0, 0.05) is 18.7 Å². The Morgan fingerprint density at radius 1 is 1.38 bits per heavy atom. The van der Waals surface area contributed by atoms with E-state index in [2.05, 4.69) is 12.2 Å². The third-order valence-corrected chi connectivity index (χ3v) is 3.30. The van der Waals surface area contributed by atoms with E-state index in [9.17, 15) is 4.79 Å². The Morgan fingerprint density at radius 2 is 2.12 bits per heavy atom. The lowest BCUT2D eigenvalue weighted by Gasteiger charge is -2.16. The molecule has 2 unspecified atom stereocenters. The van der Waals surface area contributed by atoms with Crippen LogP contribution in [0.15, 0.2) is 11.6 Å². The quantitative estimate of drug-likeness (QED) is 0.571. The van der Waals surface area contributed by atoms with Crippen LogP contribution in [0.3, 0.4) is 0 Å². The molecule has 0 amide bonds. The third-order valence-electron chi connectivity index (χ3n) is 3.30. The number of hydrogen-bond donors (Lipinski definition) is 2. The predicted molar refractivity (Wildman–Crippen MR) is 65.4 cm³/mol. The zero-order chi connectivity index (χ0) is 12.0. The molecule has 92 valence electrons. The minimum atomic E-state index is -0.853. The number of aliphatic carboxylic acids is 1. The van der Waals surface area contributed by atoms with Crippen molar-refractivity contribution in [2.24, 2.45) is 5.92 Å². The molecule has 0 radical (unpaired) electrons. The van der Waals surface area contributed by atoms with E-state index in [1.165, 1.54) is 38.2 Å². The summed E-state index contributed by atoms with van der Waals surface area (Å²) in [6.07, 6.45) is 7.65. The summed E-state index contributed by atoms with van der Waals surface area (Å²) in [5.74, 6) is -0.00347. The third kappa shape index (κ3) is 5.31. The number of carbonyl (C=O) groups is 1. The summed E-state index contributed by atoms with van der Waals surface area (Å²) in [5, 5.41) is 12.1. The highest BCUT2D eigenvalue weighted by Crippen LogP contribution is 2.22. The second kappa shape index (κ2) is 6.69. The first-order valence-corrected chi connectivity index (χ1v) is 6.21. The number of carboxylic acids is 1. The van der Waals surface area contributed by atoms with Crippen molar-refractivity contribution in [1.82, 2.24) is 5.32 Å². The zero-order valence-corrected chi connectivity index (χ0v) is 10.3. The number of hydrogen-bond acceptors (Lipinski definition) is 2. The molecule has 0 heterocycles. The van der Waals surface area contributed by atoms with Crippen molar-refractivity contribution in [3.05, 3.63) is 11.6 Å². The Kier molecular flexibility index (Phi) is 5.53. The molecule has 2 N–H and O–H groups in total. The van der Waals surface area contributed by atoms with Gasteiger partial charge in [0.15, 0.2) is 0 Å². The number of nitrogens with one attached hydrogen (secondary N) is 1. The number of rotatable bonds is 4. The fourth-order valence-electron chi connectivity index (χ4n) is 2.26. The molecule has 3 nitrogen and oxygen atoms in total. The SMILES string of the molecule is CC(=CC(=O)O)CNC1CCCC(C)CC1. The van der Waals surface area contributed by atoms with Gasteiger partial charge in [0.2, 0.25) is 0 Å². The monoisotopic (exact) mass is 225 g/mol. The van der Waals surface area contributed by atoms with Crippen molar-refractivity contribution in [3.8, 4) is 0 Å². The zero-order valence-electron chi connectivity index (χ0n) is 10.3. The van der Waals surface area contributed by atoms with Gasteiger partial charge in [-0.1, -0.05) is 25.3 Å². The van der Waals surface area contributed by atoms with Crippen molar-refractivity contribution in [2.45, 2.75) is 52.0 Å². The highest BCUT2D eigenvalue weighted by Gasteiger charge is 2.15.